The fourth-order valence-electron chi connectivity index (χ4n) is 2.76. The number of hydrogen-bond donors (Lipinski definition) is 1. The lowest BCUT2D eigenvalue weighted by Gasteiger charge is -2.19. The Bertz CT molecular complexity index is 1370. The van der Waals surface area contributed by atoms with E-state index in [4.69, 9.17) is 4.74 Å². The van der Waals surface area contributed by atoms with E-state index < -0.39 is 27.3 Å². The van der Waals surface area contributed by atoms with E-state index in [1.54, 1.807) is 81.4 Å². The van der Waals surface area contributed by atoms with Gasteiger partial charge in [0, 0.05) is 40.4 Å². The van der Waals surface area contributed by atoms with E-state index in [0.29, 0.717) is 21.7 Å². The van der Waals surface area contributed by atoms with Crippen LogP contribution >= 0.6 is 0 Å². The molecule has 34 heavy (non-hydrogen) atoms. The van der Waals surface area contributed by atoms with Gasteiger partial charge in [0.2, 0.25) is 0 Å². The Morgan fingerprint density at radius 2 is 1.62 bits per heavy atom. The minimum absolute atomic E-state index is 0.203. The van der Waals surface area contributed by atoms with Gasteiger partial charge >= 0.3 is 6.09 Å². The van der Waals surface area contributed by atoms with Crippen LogP contribution in [-0.4, -0.2) is 33.1 Å². The van der Waals surface area contributed by atoms with E-state index in [0.717, 1.165) is 0 Å². The lowest BCUT2D eigenvalue weighted by Crippen LogP contribution is -2.27. The monoisotopic (exact) mass is 475 g/mol. The topological polar surface area (TPSA) is 97.7 Å². The molecule has 0 aliphatic rings. The van der Waals surface area contributed by atoms with Gasteiger partial charge in [0.1, 0.15) is 5.60 Å². The fourth-order valence-corrected chi connectivity index (χ4v) is 3.95. The molecule has 0 spiro atoms. The quantitative estimate of drug-likeness (QED) is 0.530. The zero-order valence-corrected chi connectivity index (χ0v) is 20.2. The standard InChI is InChI=1S/C26H25N3O4S/c1-26(2,3)33-25(31)28-22-14-12-19(13-15-22)10-11-20-16-21(18-27-17-20)24(30)29-34(4,32)23-8-6-5-7-9-23/h5-9,12-18H,1-4H3,(H,28,31)/t34-/m0/s1. The number of ether oxygens (including phenoxy) is 1. The summed E-state index contributed by atoms with van der Waals surface area (Å²) in [5, 5.41) is 2.66. The van der Waals surface area contributed by atoms with Gasteiger partial charge in [0.15, 0.2) is 0 Å². The predicted octanol–water partition coefficient (Wildman–Crippen LogP) is 5.13. The molecule has 0 aliphatic carbocycles. The summed E-state index contributed by atoms with van der Waals surface area (Å²) in [5.41, 5.74) is 1.42. The van der Waals surface area contributed by atoms with Crippen LogP contribution in [0.15, 0.2) is 82.3 Å². The van der Waals surface area contributed by atoms with E-state index in [-0.39, 0.29) is 5.56 Å². The maximum absolute atomic E-state index is 12.9. The van der Waals surface area contributed by atoms with E-state index in [2.05, 4.69) is 26.5 Å². The van der Waals surface area contributed by atoms with Gasteiger partial charge in [-0.05, 0) is 63.2 Å². The molecule has 0 bridgehead atoms. The lowest BCUT2D eigenvalue weighted by molar-refractivity contribution is 0.0635. The number of hydrogen-bond acceptors (Lipinski definition) is 5. The van der Waals surface area contributed by atoms with E-state index in [1.165, 1.54) is 18.6 Å². The molecule has 2 aromatic carbocycles. The molecule has 1 N–H and O–H groups in total. The van der Waals surface area contributed by atoms with E-state index in [1.807, 2.05) is 0 Å². The Kier molecular flexibility index (Phi) is 7.49. The van der Waals surface area contributed by atoms with Crippen molar-refractivity contribution in [3.8, 4) is 11.8 Å². The van der Waals surface area contributed by atoms with Crippen molar-refractivity contribution in [2.45, 2.75) is 31.3 Å². The van der Waals surface area contributed by atoms with Crippen molar-refractivity contribution in [2.75, 3.05) is 11.6 Å². The van der Waals surface area contributed by atoms with Crippen LogP contribution in [0.3, 0.4) is 0 Å². The maximum atomic E-state index is 12.9. The Hall–Kier alpha value is -3.96. The summed E-state index contributed by atoms with van der Waals surface area (Å²) in [6.45, 7) is 5.38. The van der Waals surface area contributed by atoms with E-state index >= 15 is 0 Å². The molecular weight excluding hydrogens is 450 g/mol. The molecule has 1 aromatic heterocycles. The highest BCUT2D eigenvalue weighted by Crippen LogP contribution is 2.14. The summed E-state index contributed by atoms with van der Waals surface area (Å²) in [7, 11) is -2.88. The van der Waals surface area contributed by atoms with Crippen molar-refractivity contribution in [3.63, 3.8) is 0 Å². The SMILES string of the molecule is CC(C)(C)OC(=O)Nc1ccc(C#Cc2cncc(C(=O)N=[S@@](C)(=O)c3ccccc3)c2)cc1. The van der Waals surface area contributed by atoms with Crippen LogP contribution in [0.25, 0.3) is 0 Å². The molecular formula is C26H25N3O4S. The lowest BCUT2D eigenvalue weighted by atomic mass is 10.1. The highest BCUT2D eigenvalue weighted by atomic mass is 32.2. The van der Waals surface area contributed by atoms with E-state index in [9.17, 15) is 13.8 Å². The van der Waals surface area contributed by atoms with Crippen molar-refractivity contribution in [1.82, 2.24) is 4.98 Å². The first-order chi connectivity index (χ1) is 16.0. The molecule has 3 rings (SSSR count). The fraction of sp³-hybridized carbons (Fsp3) is 0.192. The summed E-state index contributed by atoms with van der Waals surface area (Å²) < 4.78 is 22.0. The van der Waals surface area contributed by atoms with Gasteiger partial charge < -0.3 is 4.74 Å². The van der Waals surface area contributed by atoms with Crippen molar-refractivity contribution in [3.05, 3.63) is 89.7 Å². The van der Waals surface area contributed by atoms with Gasteiger partial charge in [0.05, 0.1) is 15.3 Å². The number of carbonyl (C=O) groups excluding carboxylic acids is 2. The molecule has 1 heterocycles. The summed E-state index contributed by atoms with van der Waals surface area (Å²) in [5.74, 6) is 5.32. The average Bonchev–Trinajstić information content (AvgIpc) is 2.78. The highest BCUT2D eigenvalue weighted by Gasteiger charge is 2.16. The van der Waals surface area contributed by atoms with Gasteiger partial charge in [-0.15, -0.1) is 0 Å². The van der Waals surface area contributed by atoms with Crippen molar-refractivity contribution < 1.29 is 18.5 Å². The number of carbonyl (C=O) groups is 2. The number of aromatic nitrogens is 1. The van der Waals surface area contributed by atoms with Crippen molar-refractivity contribution >= 4 is 27.4 Å². The van der Waals surface area contributed by atoms with Crippen molar-refractivity contribution in [2.24, 2.45) is 4.36 Å². The minimum atomic E-state index is -2.88. The number of amides is 2. The van der Waals surface area contributed by atoms with Gasteiger partial charge in [-0.25, -0.2) is 9.00 Å². The second-order valence-electron chi connectivity index (χ2n) is 8.43. The molecule has 0 fully saturated rings. The third-order valence-electron chi connectivity index (χ3n) is 4.30. The Labute approximate surface area is 199 Å². The van der Waals surface area contributed by atoms with Crippen molar-refractivity contribution in [1.29, 1.82) is 0 Å². The molecule has 8 heteroatoms. The van der Waals surface area contributed by atoms with Crippen LogP contribution in [0.5, 0.6) is 0 Å². The summed E-state index contributed by atoms with van der Waals surface area (Å²) >= 11 is 0. The number of anilines is 1. The van der Waals surface area contributed by atoms with Crippen LogP contribution in [0, 0.1) is 11.8 Å². The van der Waals surface area contributed by atoms with Gasteiger partial charge in [0.25, 0.3) is 5.91 Å². The van der Waals surface area contributed by atoms with Gasteiger partial charge in [-0.3, -0.25) is 15.1 Å². The number of nitrogens with one attached hydrogen (secondary N) is 1. The summed E-state index contributed by atoms with van der Waals surface area (Å²) in [6.07, 6.45) is 3.79. The molecule has 3 aromatic rings. The molecule has 0 saturated heterocycles. The third kappa shape index (κ3) is 7.29. The van der Waals surface area contributed by atoms with Crippen LogP contribution in [0.4, 0.5) is 10.5 Å². The summed E-state index contributed by atoms with van der Waals surface area (Å²) in [6, 6.07) is 17.1. The molecule has 174 valence electrons. The first-order valence-corrected chi connectivity index (χ1v) is 12.3. The normalized spacial score (nSPS) is 12.5. The number of pyridine rings is 1. The Morgan fingerprint density at radius 1 is 0.971 bits per heavy atom. The third-order valence-corrected chi connectivity index (χ3v) is 5.97. The molecule has 0 aliphatic heterocycles. The maximum Gasteiger partial charge on any atom is 0.412 e. The average molecular weight is 476 g/mol. The number of rotatable bonds is 3. The minimum Gasteiger partial charge on any atom is -0.444 e. The molecule has 0 radical (unpaired) electrons. The highest BCUT2D eigenvalue weighted by molar-refractivity contribution is 7.93. The first kappa shape index (κ1) is 24.7. The molecule has 0 unspecified atom stereocenters. The molecule has 1 atom stereocenters. The molecule has 7 nitrogen and oxygen atoms in total. The zero-order valence-electron chi connectivity index (χ0n) is 19.4. The molecule has 0 saturated carbocycles. The number of nitrogens with zero attached hydrogens (tertiary/aromatic N) is 2. The second kappa shape index (κ2) is 10.3. The van der Waals surface area contributed by atoms with Gasteiger partial charge in [-0.2, -0.15) is 4.36 Å². The van der Waals surface area contributed by atoms with Crippen LogP contribution in [-0.2, 0) is 14.5 Å². The van der Waals surface area contributed by atoms with Crippen LogP contribution < -0.4 is 5.32 Å². The van der Waals surface area contributed by atoms with Crippen LogP contribution in [0.1, 0.15) is 42.3 Å². The predicted molar refractivity (Wildman–Crippen MR) is 132 cm³/mol. The smallest absolute Gasteiger partial charge is 0.412 e. The second-order valence-corrected chi connectivity index (χ2v) is 10.7. The zero-order chi connectivity index (χ0) is 24.8. The van der Waals surface area contributed by atoms with Gasteiger partial charge in [-0.1, -0.05) is 30.0 Å². The Balaban J connectivity index is 1.72. The first-order valence-electron chi connectivity index (χ1n) is 10.4. The Morgan fingerprint density at radius 3 is 2.26 bits per heavy atom. The van der Waals surface area contributed by atoms with Crippen LogP contribution in [0.2, 0.25) is 0 Å². The largest absolute Gasteiger partial charge is 0.444 e. The molecule has 2 amide bonds. The number of benzene rings is 2. The summed E-state index contributed by atoms with van der Waals surface area (Å²) in [4.78, 5) is 29.0.